The van der Waals surface area contributed by atoms with E-state index in [1.165, 1.54) is 5.56 Å². The highest BCUT2D eigenvalue weighted by Gasteiger charge is 2.20. The highest BCUT2D eigenvalue weighted by molar-refractivity contribution is 5.74. The van der Waals surface area contributed by atoms with Crippen molar-refractivity contribution < 1.29 is 9.53 Å². The Morgan fingerprint density at radius 1 is 1.04 bits per heavy atom. The van der Waals surface area contributed by atoms with Crippen LogP contribution in [0.2, 0.25) is 0 Å². The zero-order valence-electron chi connectivity index (χ0n) is 16.1. The van der Waals surface area contributed by atoms with Crippen molar-refractivity contribution in [1.82, 2.24) is 10.2 Å². The second-order valence-electron chi connectivity index (χ2n) is 6.63. The molecule has 0 aliphatic rings. The Labute approximate surface area is 156 Å². The smallest absolute Gasteiger partial charge is 0.317 e. The third kappa shape index (κ3) is 5.77. The third-order valence-electron chi connectivity index (χ3n) is 4.41. The maximum atomic E-state index is 12.6. The average molecular weight is 355 g/mol. The van der Waals surface area contributed by atoms with Gasteiger partial charge in [0.1, 0.15) is 0 Å². The van der Waals surface area contributed by atoms with E-state index in [2.05, 4.69) is 23.5 Å². The van der Waals surface area contributed by atoms with Gasteiger partial charge in [-0.15, -0.1) is 0 Å². The number of urea groups is 1. The molecule has 0 aromatic heterocycles. The van der Waals surface area contributed by atoms with Gasteiger partial charge in [0.25, 0.3) is 0 Å². The van der Waals surface area contributed by atoms with E-state index in [9.17, 15) is 4.79 Å². The number of methoxy groups -OCH3 is 1. The monoisotopic (exact) mass is 355 g/mol. The number of nitrogens with one attached hydrogen (secondary N) is 1. The van der Waals surface area contributed by atoms with Crippen molar-refractivity contribution >= 4 is 11.7 Å². The highest BCUT2D eigenvalue weighted by Crippen LogP contribution is 2.13. The van der Waals surface area contributed by atoms with Gasteiger partial charge in [-0.25, -0.2) is 4.79 Å². The van der Waals surface area contributed by atoms with Gasteiger partial charge < -0.3 is 19.9 Å². The first-order chi connectivity index (χ1) is 12.5. The minimum atomic E-state index is -0.0989. The van der Waals surface area contributed by atoms with Crippen molar-refractivity contribution in [3.63, 3.8) is 0 Å². The molecule has 1 atom stereocenters. The average Bonchev–Trinajstić information content (AvgIpc) is 2.66. The quantitative estimate of drug-likeness (QED) is 0.791. The fraction of sp³-hybridized carbons (Fsp3) is 0.381. The largest absolute Gasteiger partial charge is 0.383 e. The Bertz CT molecular complexity index is 689. The molecule has 0 spiro atoms. The maximum Gasteiger partial charge on any atom is 0.317 e. The zero-order chi connectivity index (χ0) is 18.9. The first kappa shape index (κ1) is 19.8. The fourth-order valence-corrected chi connectivity index (χ4v) is 2.80. The standard InChI is InChI=1S/C21H29N3O2/c1-23(2)19-12-8-11-18(14-19)15-22-21(25)24(3)20(16-26-4)13-17-9-6-5-7-10-17/h5-12,14,20H,13,15-16H2,1-4H3,(H,22,25)/t20-/m0/s1. The second-order valence-corrected chi connectivity index (χ2v) is 6.63. The number of ether oxygens (including phenoxy) is 1. The molecule has 0 unspecified atom stereocenters. The molecule has 0 aliphatic heterocycles. The molecule has 5 heteroatoms. The van der Waals surface area contributed by atoms with Crippen LogP contribution in [-0.2, 0) is 17.7 Å². The van der Waals surface area contributed by atoms with Gasteiger partial charge in [0.05, 0.1) is 12.6 Å². The van der Waals surface area contributed by atoms with E-state index in [4.69, 9.17) is 4.74 Å². The van der Waals surface area contributed by atoms with Gasteiger partial charge in [0.15, 0.2) is 0 Å². The van der Waals surface area contributed by atoms with Crippen molar-refractivity contribution in [3.8, 4) is 0 Å². The Balaban J connectivity index is 1.96. The summed E-state index contributed by atoms with van der Waals surface area (Å²) in [6, 6.07) is 18.2. The third-order valence-corrected chi connectivity index (χ3v) is 4.41. The summed E-state index contributed by atoms with van der Waals surface area (Å²) in [5.74, 6) is 0. The number of carbonyl (C=O) groups is 1. The number of rotatable bonds is 8. The maximum absolute atomic E-state index is 12.6. The molecule has 5 nitrogen and oxygen atoms in total. The summed E-state index contributed by atoms with van der Waals surface area (Å²) in [6.07, 6.45) is 0.759. The van der Waals surface area contributed by atoms with Crippen LogP contribution in [0.15, 0.2) is 54.6 Å². The molecule has 140 valence electrons. The predicted molar refractivity (Wildman–Crippen MR) is 107 cm³/mol. The van der Waals surface area contributed by atoms with Crippen molar-refractivity contribution in [2.75, 3.05) is 39.8 Å². The van der Waals surface area contributed by atoms with E-state index >= 15 is 0 Å². The SMILES string of the molecule is COC[C@H](Cc1ccccc1)N(C)C(=O)NCc1cccc(N(C)C)c1. The molecule has 0 aliphatic carbocycles. The summed E-state index contributed by atoms with van der Waals surface area (Å²) in [7, 11) is 7.49. The lowest BCUT2D eigenvalue weighted by molar-refractivity contribution is 0.115. The first-order valence-corrected chi connectivity index (χ1v) is 8.81. The molecule has 0 heterocycles. The predicted octanol–water partition coefficient (Wildman–Crippen LogP) is 3.15. The molecule has 2 aromatic carbocycles. The summed E-state index contributed by atoms with van der Waals surface area (Å²) in [5.41, 5.74) is 3.38. The lowest BCUT2D eigenvalue weighted by atomic mass is 10.1. The topological polar surface area (TPSA) is 44.8 Å². The van der Waals surface area contributed by atoms with Crippen molar-refractivity contribution in [2.24, 2.45) is 0 Å². The Kier molecular flexibility index (Phi) is 7.48. The lowest BCUT2D eigenvalue weighted by Crippen LogP contribution is -2.46. The summed E-state index contributed by atoms with van der Waals surface area (Å²) >= 11 is 0. The minimum absolute atomic E-state index is 0.0180. The van der Waals surface area contributed by atoms with Gasteiger partial charge in [0, 0.05) is 40.5 Å². The van der Waals surface area contributed by atoms with Crippen LogP contribution in [0.25, 0.3) is 0 Å². The van der Waals surface area contributed by atoms with Crippen LogP contribution in [-0.4, -0.2) is 51.8 Å². The van der Waals surface area contributed by atoms with Crippen molar-refractivity contribution in [1.29, 1.82) is 0 Å². The lowest BCUT2D eigenvalue weighted by Gasteiger charge is -2.28. The summed E-state index contributed by atoms with van der Waals surface area (Å²) in [6.45, 7) is 0.991. The Hall–Kier alpha value is -2.53. The van der Waals surface area contributed by atoms with Gasteiger partial charge in [-0.1, -0.05) is 42.5 Å². The molecule has 0 radical (unpaired) electrons. The van der Waals surface area contributed by atoms with E-state index in [-0.39, 0.29) is 12.1 Å². The van der Waals surface area contributed by atoms with Crippen LogP contribution in [0.1, 0.15) is 11.1 Å². The Morgan fingerprint density at radius 2 is 1.73 bits per heavy atom. The minimum Gasteiger partial charge on any atom is -0.383 e. The normalized spacial score (nSPS) is 11.7. The van der Waals surface area contributed by atoms with Crippen LogP contribution in [0.5, 0.6) is 0 Å². The van der Waals surface area contributed by atoms with Crippen molar-refractivity contribution in [3.05, 3.63) is 65.7 Å². The van der Waals surface area contributed by atoms with Crippen LogP contribution < -0.4 is 10.2 Å². The van der Waals surface area contributed by atoms with Crippen LogP contribution in [0.3, 0.4) is 0 Å². The molecule has 2 rings (SSSR count). The van der Waals surface area contributed by atoms with Gasteiger partial charge >= 0.3 is 6.03 Å². The Morgan fingerprint density at radius 3 is 2.38 bits per heavy atom. The van der Waals surface area contributed by atoms with E-state index < -0.39 is 0 Å². The van der Waals surface area contributed by atoms with E-state index in [0.717, 1.165) is 17.7 Å². The van der Waals surface area contributed by atoms with Crippen LogP contribution in [0, 0.1) is 0 Å². The van der Waals surface area contributed by atoms with Crippen LogP contribution >= 0.6 is 0 Å². The molecule has 26 heavy (non-hydrogen) atoms. The molecule has 2 aromatic rings. The summed E-state index contributed by atoms with van der Waals surface area (Å²) in [4.78, 5) is 16.4. The van der Waals surface area contributed by atoms with Crippen molar-refractivity contribution in [2.45, 2.75) is 19.0 Å². The fourth-order valence-electron chi connectivity index (χ4n) is 2.80. The molecular weight excluding hydrogens is 326 g/mol. The number of carbonyl (C=O) groups excluding carboxylic acids is 1. The molecule has 1 N–H and O–H groups in total. The number of likely N-dealkylation sites (N-methyl/N-ethyl adjacent to an activating group) is 1. The van der Waals surface area contributed by atoms with E-state index in [1.807, 2.05) is 62.4 Å². The number of nitrogens with zero attached hydrogens (tertiary/aromatic N) is 2. The molecular formula is C21H29N3O2. The molecule has 2 amide bonds. The molecule has 0 bridgehead atoms. The number of benzene rings is 2. The van der Waals surface area contributed by atoms with Crippen LogP contribution in [0.4, 0.5) is 10.5 Å². The van der Waals surface area contributed by atoms with Gasteiger partial charge in [-0.2, -0.15) is 0 Å². The van der Waals surface area contributed by atoms with E-state index in [0.29, 0.717) is 13.2 Å². The summed E-state index contributed by atoms with van der Waals surface area (Å²) < 4.78 is 5.33. The van der Waals surface area contributed by atoms with E-state index in [1.54, 1.807) is 12.0 Å². The number of anilines is 1. The van der Waals surface area contributed by atoms with Gasteiger partial charge in [0.2, 0.25) is 0 Å². The number of hydrogen-bond acceptors (Lipinski definition) is 3. The van der Waals surface area contributed by atoms with Gasteiger partial charge in [-0.05, 0) is 29.7 Å². The second kappa shape index (κ2) is 9.82. The molecule has 0 saturated carbocycles. The molecule has 0 saturated heterocycles. The number of hydrogen-bond donors (Lipinski definition) is 1. The zero-order valence-corrected chi connectivity index (χ0v) is 16.1. The first-order valence-electron chi connectivity index (χ1n) is 8.81. The highest BCUT2D eigenvalue weighted by atomic mass is 16.5. The number of amides is 2. The molecule has 0 fully saturated rings. The summed E-state index contributed by atoms with van der Waals surface area (Å²) in [5, 5.41) is 3.00. The van der Waals surface area contributed by atoms with Gasteiger partial charge in [-0.3, -0.25) is 0 Å².